The minimum absolute atomic E-state index is 0.0629. The van der Waals surface area contributed by atoms with E-state index < -0.39 is 96.2 Å². The molecule has 4 aliphatic rings. The number of hydrogen-bond acceptors (Lipinski definition) is 15. The molecule has 0 aromatic heterocycles. The van der Waals surface area contributed by atoms with Crippen molar-refractivity contribution < 1.29 is 67.0 Å². The van der Waals surface area contributed by atoms with Gasteiger partial charge in [0.05, 0.1) is 55.8 Å². The number of methoxy groups -OCH3 is 3. The lowest BCUT2D eigenvalue weighted by Gasteiger charge is -2.41. The third kappa shape index (κ3) is 23.9. The third-order valence-electron chi connectivity index (χ3n) is 18.5. The fraction of sp³-hybridized carbons (Fsp3) is 0.696. The van der Waals surface area contributed by atoms with E-state index in [0.29, 0.717) is 77.3 Å². The van der Waals surface area contributed by atoms with Gasteiger partial charge in [0.1, 0.15) is 24.2 Å². The van der Waals surface area contributed by atoms with Crippen molar-refractivity contribution in [2.45, 2.75) is 219 Å². The number of urea groups is 1. The first-order valence-electron chi connectivity index (χ1n) is 33.8. The molecule has 0 aromatic rings. The first-order valence-corrected chi connectivity index (χ1v) is 33.8. The van der Waals surface area contributed by atoms with Crippen LogP contribution in [-0.2, 0) is 62.2 Å². The number of nitrogens with one attached hydrogen (secondary N) is 6. The lowest BCUT2D eigenvalue weighted by molar-refractivity contribution is -0.149. The average Bonchev–Trinajstić information content (AvgIpc) is 1.36. The monoisotopic (exact) mass is 1320 g/mol. The minimum Gasteiger partial charge on any atom is -0.467 e. The Balaban J connectivity index is 1.36. The van der Waals surface area contributed by atoms with Gasteiger partial charge < -0.3 is 61.6 Å². The third-order valence-corrected chi connectivity index (χ3v) is 18.5. The van der Waals surface area contributed by atoms with Crippen LogP contribution < -0.4 is 37.6 Å². The highest BCUT2D eigenvalue weighted by Crippen LogP contribution is 2.31. The number of rotatable bonds is 40. The zero-order valence-electron chi connectivity index (χ0n) is 58.3. The Hall–Kier alpha value is -7.25. The highest BCUT2D eigenvalue weighted by molar-refractivity contribution is 6.12. The van der Waals surface area contributed by atoms with Gasteiger partial charge in [-0.3, -0.25) is 53.0 Å². The molecule has 0 aromatic carbocycles. The summed E-state index contributed by atoms with van der Waals surface area (Å²) in [5, 5.41) is 17.2. The normalized spacial score (nSPS) is 19.5. The van der Waals surface area contributed by atoms with Crippen molar-refractivity contribution in [2.75, 3.05) is 61.6 Å². The molecule has 8 N–H and O–H groups in total. The first kappa shape index (κ1) is 79.2. The second-order valence-electron chi connectivity index (χ2n) is 26.6. The van der Waals surface area contributed by atoms with Crippen LogP contribution in [0.25, 0.3) is 0 Å². The van der Waals surface area contributed by atoms with E-state index >= 15 is 0 Å². The number of nitrogens with zero attached hydrogens (tertiary/aromatic N) is 4. The summed E-state index contributed by atoms with van der Waals surface area (Å²) in [5.74, 6) is -5.54. The Morgan fingerprint density at radius 3 is 2.02 bits per heavy atom. The Kier molecular flexibility index (Phi) is 33.3. The number of carbonyl (C=O) groups is 11. The summed E-state index contributed by atoms with van der Waals surface area (Å²) in [6, 6.07) is -6.57. The molecule has 12 atom stereocenters. The maximum Gasteiger partial charge on any atom is 0.328 e. The van der Waals surface area contributed by atoms with Crippen molar-refractivity contribution >= 4 is 65.2 Å². The van der Waals surface area contributed by atoms with Crippen molar-refractivity contribution in [3.8, 4) is 0 Å². The number of likely N-dealkylation sites (N-methyl/N-ethyl adjacent to an activating group) is 2. The molecule has 1 fully saturated rings. The number of carbonyl (C=O) groups excluding carboxylic acids is 11. The minimum atomic E-state index is -1.02. The Morgan fingerprint density at radius 1 is 0.766 bits per heavy atom. The van der Waals surface area contributed by atoms with E-state index in [2.05, 4.69) is 31.9 Å². The molecule has 0 saturated carbocycles. The average molecular weight is 1320 g/mol. The molecular formula is C69H111N11O14. The summed E-state index contributed by atoms with van der Waals surface area (Å²) in [6.45, 7) is 18.3. The van der Waals surface area contributed by atoms with E-state index in [4.69, 9.17) is 19.9 Å². The van der Waals surface area contributed by atoms with E-state index in [1.54, 1.807) is 37.6 Å². The van der Waals surface area contributed by atoms with Gasteiger partial charge in [-0.1, -0.05) is 123 Å². The number of amides is 11. The standard InChI is InChI=1S/C69H111N11O14/c1-15-45(8)61(53(92-12)41-57(84)79-38-23-27-52(79)62(93-13)46(9)63(85)74-51(68(90)94-14)40-48-24-18-16-19-25-48)78(11)67(89)59(43(4)5)76-66(88)60(44(6)7)77(10)39-35-47-29-31-49(32-30-47)72-64(86)50(26-22-36-71-69(70)91)73-65(87)58(42(2)3)75-54(81)28-20-17-21-37-80-55(82)33-34-56(80)83/h16,18,24,29-31,33-34,42-46,49-53,58-62H,15,17,19-23,25-28,32,35-41H2,1-14H3,(H,72,86)(H,73,87)(H,74,85)(H,75,81)(H,76,88)(H3,70,71,91)/t45-,46+,49+,50-,51-,52-,53+,58-,59-,60-,61-,62+/m0/s1. The number of ether oxygens (including phenoxy) is 3. The number of nitrogens with two attached hydrogens (primary N) is 1. The van der Waals surface area contributed by atoms with Crippen LogP contribution in [0.4, 0.5) is 4.79 Å². The molecule has 0 unspecified atom stereocenters. The van der Waals surface area contributed by atoms with Crippen LogP contribution in [0.2, 0.25) is 0 Å². The lowest BCUT2D eigenvalue weighted by atomic mass is 9.89. The van der Waals surface area contributed by atoms with E-state index in [1.165, 1.54) is 33.5 Å². The van der Waals surface area contributed by atoms with Gasteiger partial charge in [0.2, 0.25) is 41.4 Å². The predicted octanol–water partition coefficient (Wildman–Crippen LogP) is 4.65. The summed E-state index contributed by atoms with van der Waals surface area (Å²) in [7, 11) is 7.91. The highest BCUT2D eigenvalue weighted by atomic mass is 16.5. The van der Waals surface area contributed by atoms with Crippen LogP contribution in [-0.4, -0.2) is 207 Å². The van der Waals surface area contributed by atoms with E-state index in [1.807, 2.05) is 89.9 Å². The summed E-state index contributed by atoms with van der Waals surface area (Å²) < 4.78 is 17.2. The van der Waals surface area contributed by atoms with E-state index in [0.717, 1.165) is 28.9 Å². The number of unbranched alkanes of at least 4 members (excludes halogenated alkanes) is 2. The quantitative estimate of drug-likeness (QED) is 0.0250. The van der Waals surface area contributed by atoms with Crippen LogP contribution in [0.1, 0.15) is 159 Å². The molecule has 0 bridgehead atoms. The second-order valence-corrected chi connectivity index (χ2v) is 26.6. The topological polar surface area (TPSA) is 327 Å². The molecule has 25 nitrogen and oxygen atoms in total. The summed E-state index contributed by atoms with van der Waals surface area (Å²) in [4.78, 5) is 153. The van der Waals surface area contributed by atoms with Crippen molar-refractivity contribution in [2.24, 2.45) is 35.3 Å². The first-order chi connectivity index (χ1) is 44.6. The summed E-state index contributed by atoms with van der Waals surface area (Å²) >= 11 is 0. The van der Waals surface area contributed by atoms with Gasteiger partial charge in [-0.25, -0.2) is 9.59 Å². The number of hydrogen-bond donors (Lipinski definition) is 7. The zero-order valence-corrected chi connectivity index (χ0v) is 58.3. The van der Waals surface area contributed by atoms with Crippen molar-refractivity contribution in [1.82, 2.24) is 51.5 Å². The highest BCUT2D eigenvalue weighted by Gasteiger charge is 2.44. The molecule has 94 heavy (non-hydrogen) atoms. The van der Waals surface area contributed by atoms with Gasteiger partial charge in [-0.15, -0.1) is 0 Å². The molecule has 526 valence electrons. The smallest absolute Gasteiger partial charge is 0.328 e. The van der Waals surface area contributed by atoms with Gasteiger partial charge in [0.15, 0.2) is 0 Å². The number of likely N-dealkylation sites (tertiary alicyclic amines) is 1. The molecule has 0 spiro atoms. The van der Waals surface area contributed by atoms with Crippen LogP contribution >= 0.6 is 0 Å². The molecule has 4 rings (SSSR count). The lowest BCUT2D eigenvalue weighted by Crippen LogP contribution is -2.60. The molecule has 25 heteroatoms. The predicted molar refractivity (Wildman–Crippen MR) is 357 cm³/mol. The maximum atomic E-state index is 14.9. The molecule has 2 aliphatic carbocycles. The second kappa shape index (κ2) is 39.6. The van der Waals surface area contributed by atoms with Gasteiger partial charge in [-0.05, 0) is 101 Å². The maximum absolute atomic E-state index is 14.9. The molecule has 11 amide bonds. The fourth-order valence-corrected chi connectivity index (χ4v) is 12.9. The van der Waals surface area contributed by atoms with E-state index in [9.17, 15) is 52.7 Å². The number of primary amides is 1. The summed E-state index contributed by atoms with van der Waals surface area (Å²) in [5.41, 5.74) is 7.28. The van der Waals surface area contributed by atoms with Gasteiger partial charge in [0, 0.05) is 66.0 Å². The molecular weight excluding hydrogens is 1210 g/mol. The van der Waals surface area contributed by atoms with Crippen molar-refractivity contribution in [3.05, 3.63) is 59.8 Å². The Morgan fingerprint density at radius 2 is 1.45 bits per heavy atom. The fourth-order valence-electron chi connectivity index (χ4n) is 12.9. The van der Waals surface area contributed by atoms with Crippen LogP contribution in [0.3, 0.4) is 0 Å². The SMILES string of the molecule is CC[C@H](C)[C@@H]([C@@H](CC(=O)N1CCC[C@H]1[C@H](OC)[C@@H](C)C(=O)N[C@@H](CC1=CC=CCC1)C(=O)OC)OC)N(C)C(=O)[C@@H](NC(=O)[C@H](C(C)C)N(C)CCC1=CC[C@H](NC(=O)[C@H](CCCNC(N)=O)NC(=O)[C@@H](NC(=O)CCCCCN2C(=O)C=CC2=O)C(C)C)C=C1)C(C)C. The van der Waals surface area contributed by atoms with Crippen molar-refractivity contribution in [3.63, 3.8) is 0 Å². The summed E-state index contributed by atoms with van der Waals surface area (Å²) in [6.07, 6.45) is 19.7. The van der Waals surface area contributed by atoms with Gasteiger partial charge >= 0.3 is 12.0 Å². The Bertz CT molecular complexity index is 2740. The molecule has 1 saturated heterocycles. The number of esters is 1. The van der Waals surface area contributed by atoms with Crippen LogP contribution in [0.15, 0.2) is 59.8 Å². The number of allylic oxidation sites excluding steroid dienone is 4. The molecule has 2 heterocycles. The molecule has 2 aliphatic heterocycles. The largest absolute Gasteiger partial charge is 0.467 e. The van der Waals surface area contributed by atoms with Crippen LogP contribution in [0, 0.1) is 29.6 Å². The van der Waals surface area contributed by atoms with Crippen molar-refractivity contribution in [1.29, 1.82) is 0 Å². The van der Waals surface area contributed by atoms with Crippen LogP contribution in [0.5, 0.6) is 0 Å². The molecule has 0 radical (unpaired) electrons. The van der Waals surface area contributed by atoms with E-state index in [-0.39, 0.29) is 91.5 Å². The number of imide groups is 1. The Labute approximate surface area is 557 Å². The van der Waals surface area contributed by atoms with Gasteiger partial charge in [-0.2, -0.15) is 0 Å². The van der Waals surface area contributed by atoms with Gasteiger partial charge in [0.25, 0.3) is 11.8 Å². The zero-order chi connectivity index (χ0) is 69.9.